The Bertz CT molecular complexity index is 638. The average Bonchev–Trinajstić information content (AvgIpc) is 3.19. The summed E-state index contributed by atoms with van der Waals surface area (Å²) in [4.78, 5) is 13.9. The Morgan fingerprint density at radius 3 is 2.68 bits per heavy atom. The Hall–Kier alpha value is -1.53. The van der Waals surface area contributed by atoms with E-state index in [-0.39, 0.29) is 5.91 Å². The molecule has 2 aromatic rings. The van der Waals surface area contributed by atoms with Crippen LogP contribution in [0.5, 0.6) is 0 Å². The van der Waals surface area contributed by atoms with Crippen molar-refractivity contribution in [2.45, 2.75) is 24.5 Å². The lowest BCUT2D eigenvalue weighted by molar-refractivity contribution is -0.129. The van der Waals surface area contributed by atoms with Crippen LogP contribution in [0.2, 0.25) is 5.02 Å². The zero-order valence-corrected chi connectivity index (χ0v) is 13.6. The van der Waals surface area contributed by atoms with Crippen molar-refractivity contribution in [3.05, 3.63) is 29.3 Å². The van der Waals surface area contributed by atoms with E-state index in [4.69, 9.17) is 16.0 Å². The first-order valence-electron chi connectivity index (χ1n) is 7.22. The number of rotatable bonds is 5. The second kappa shape index (κ2) is 7.15. The largest absolute Gasteiger partial charge is 0.411 e. The monoisotopic (exact) mass is 337 g/mol. The molecule has 7 heteroatoms. The van der Waals surface area contributed by atoms with Gasteiger partial charge in [-0.2, -0.15) is 0 Å². The van der Waals surface area contributed by atoms with Gasteiger partial charge in [-0.15, -0.1) is 10.2 Å². The molecule has 0 aliphatic carbocycles. The van der Waals surface area contributed by atoms with Crippen LogP contribution in [0.15, 0.2) is 33.9 Å². The summed E-state index contributed by atoms with van der Waals surface area (Å²) in [5, 5.41) is 9.16. The lowest BCUT2D eigenvalue weighted by Crippen LogP contribution is -2.27. The van der Waals surface area contributed by atoms with Gasteiger partial charge in [0.25, 0.3) is 5.22 Å². The van der Waals surface area contributed by atoms with Crippen molar-refractivity contribution in [2.75, 3.05) is 18.8 Å². The number of halogens is 1. The fourth-order valence-electron chi connectivity index (χ4n) is 2.33. The third-order valence-electron chi connectivity index (χ3n) is 3.50. The van der Waals surface area contributed by atoms with Crippen LogP contribution in [0.4, 0.5) is 0 Å². The minimum atomic E-state index is 0.211. The first-order chi connectivity index (χ1) is 10.7. The van der Waals surface area contributed by atoms with Crippen LogP contribution < -0.4 is 0 Å². The molecule has 3 rings (SSSR count). The van der Waals surface area contributed by atoms with Crippen molar-refractivity contribution in [3.63, 3.8) is 0 Å². The molecule has 5 nitrogen and oxygen atoms in total. The normalized spacial score (nSPS) is 14.5. The van der Waals surface area contributed by atoms with Gasteiger partial charge in [-0.3, -0.25) is 4.79 Å². The van der Waals surface area contributed by atoms with Crippen LogP contribution in [0, 0.1) is 0 Å². The Balaban J connectivity index is 1.51. The molecule has 1 amide bonds. The number of carbonyl (C=O) groups excluding carboxylic acids is 1. The maximum Gasteiger partial charge on any atom is 0.276 e. The molecule has 0 radical (unpaired) electrons. The standard InChI is InChI=1S/C15H16ClN3O2S/c16-12-5-3-11(4-6-12)14-17-18-15(21-14)22-10-7-13(20)19-8-1-2-9-19/h3-6H,1-2,7-10H2. The highest BCUT2D eigenvalue weighted by molar-refractivity contribution is 7.99. The molecule has 0 spiro atoms. The van der Waals surface area contributed by atoms with Crippen LogP contribution in [0.1, 0.15) is 19.3 Å². The molecular weight excluding hydrogens is 322 g/mol. The quantitative estimate of drug-likeness (QED) is 0.781. The molecule has 2 heterocycles. The average molecular weight is 338 g/mol. The van der Waals surface area contributed by atoms with Gasteiger partial charge in [0.1, 0.15) is 0 Å². The van der Waals surface area contributed by atoms with Gasteiger partial charge in [-0.25, -0.2) is 0 Å². The molecule has 1 aliphatic heterocycles. The molecule has 0 unspecified atom stereocenters. The number of hydrogen-bond acceptors (Lipinski definition) is 5. The SMILES string of the molecule is O=C(CCSc1nnc(-c2ccc(Cl)cc2)o1)N1CCCC1. The molecule has 0 N–H and O–H groups in total. The van der Waals surface area contributed by atoms with Gasteiger partial charge in [0.05, 0.1) is 0 Å². The highest BCUT2D eigenvalue weighted by atomic mass is 35.5. The molecule has 1 saturated heterocycles. The topological polar surface area (TPSA) is 59.2 Å². The van der Waals surface area contributed by atoms with Gasteiger partial charge >= 0.3 is 0 Å². The molecular formula is C15H16ClN3O2S. The van der Waals surface area contributed by atoms with Crippen molar-refractivity contribution in [1.29, 1.82) is 0 Å². The van der Waals surface area contributed by atoms with E-state index in [1.807, 2.05) is 17.0 Å². The summed E-state index contributed by atoms with van der Waals surface area (Å²) in [6, 6.07) is 7.23. The summed E-state index contributed by atoms with van der Waals surface area (Å²) < 4.78 is 5.59. The van der Waals surface area contributed by atoms with E-state index >= 15 is 0 Å². The Morgan fingerprint density at radius 1 is 1.23 bits per heavy atom. The van der Waals surface area contributed by atoms with Gasteiger partial charge < -0.3 is 9.32 Å². The third-order valence-corrected chi connectivity index (χ3v) is 4.57. The molecule has 0 bridgehead atoms. The molecule has 22 heavy (non-hydrogen) atoms. The molecule has 0 atom stereocenters. The summed E-state index contributed by atoms with van der Waals surface area (Å²) in [6.07, 6.45) is 2.74. The van der Waals surface area contributed by atoms with Gasteiger partial charge in [0, 0.05) is 35.8 Å². The fourth-order valence-corrected chi connectivity index (χ4v) is 3.14. The number of carbonyl (C=O) groups is 1. The van der Waals surface area contributed by atoms with E-state index in [1.165, 1.54) is 11.8 Å². The summed E-state index contributed by atoms with van der Waals surface area (Å²) in [7, 11) is 0. The number of amides is 1. The number of nitrogens with zero attached hydrogens (tertiary/aromatic N) is 3. The smallest absolute Gasteiger partial charge is 0.276 e. The third kappa shape index (κ3) is 3.81. The number of hydrogen-bond donors (Lipinski definition) is 0. The van der Waals surface area contributed by atoms with Gasteiger partial charge in [0.2, 0.25) is 11.8 Å². The lowest BCUT2D eigenvalue weighted by Gasteiger charge is -2.14. The van der Waals surface area contributed by atoms with Crippen LogP contribution in [0.25, 0.3) is 11.5 Å². The van der Waals surface area contributed by atoms with Crippen molar-refractivity contribution >= 4 is 29.3 Å². The van der Waals surface area contributed by atoms with Crippen molar-refractivity contribution < 1.29 is 9.21 Å². The minimum absolute atomic E-state index is 0.211. The second-order valence-electron chi connectivity index (χ2n) is 5.07. The van der Waals surface area contributed by atoms with E-state index in [0.717, 1.165) is 31.5 Å². The van der Waals surface area contributed by atoms with E-state index in [2.05, 4.69) is 10.2 Å². The molecule has 116 valence electrons. The molecule has 1 aromatic heterocycles. The van der Waals surface area contributed by atoms with E-state index < -0.39 is 0 Å². The van der Waals surface area contributed by atoms with E-state index in [0.29, 0.717) is 28.3 Å². The Kier molecular flexibility index (Phi) is 5.00. The van der Waals surface area contributed by atoms with Crippen molar-refractivity contribution in [2.24, 2.45) is 0 Å². The van der Waals surface area contributed by atoms with Gasteiger partial charge in [0.15, 0.2) is 0 Å². The van der Waals surface area contributed by atoms with Crippen molar-refractivity contribution in [1.82, 2.24) is 15.1 Å². The number of benzene rings is 1. The molecule has 1 aromatic carbocycles. The second-order valence-corrected chi connectivity index (χ2v) is 6.55. The van der Waals surface area contributed by atoms with Crippen LogP contribution in [0.3, 0.4) is 0 Å². The maximum atomic E-state index is 11.9. The van der Waals surface area contributed by atoms with Gasteiger partial charge in [-0.05, 0) is 37.1 Å². The van der Waals surface area contributed by atoms with E-state index in [9.17, 15) is 4.79 Å². The highest BCUT2D eigenvalue weighted by Gasteiger charge is 2.18. The zero-order valence-electron chi connectivity index (χ0n) is 12.0. The number of aromatic nitrogens is 2. The van der Waals surface area contributed by atoms with Gasteiger partial charge in [-0.1, -0.05) is 23.4 Å². The maximum absolute atomic E-state index is 11.9. The predicted molar refractivity (Wildman–Crippen MR) is 85.9 cm³/mol. The predicted octanol–water partition coefficient (Wildman–Crippen LogP) is 3.49. The van der Waals surface area contributed by atoms with Crippen LogP contribution in [-0.4, -0.2) is 39.8 Å². The van der Waals surface area contributed by atoms with Crippen LogP contribution in [-0.2, 0) is 4.79 Å². The number of likely N-dealkylation sites (tertiary alicyclic amines) is 1. The van der Waals surface area contributed by atoms with Crippen LogP contribution >= 0.6 is 23.4 Å². The summed E-state index contributed by atoms with van der Waals surface area (Å²) in [6.45, 7) is 1.79. The first-order valence-corrected chi connectivity index (χ1v) is 8.59. The summed E-state index contributed by atoms with van der Waals surface area (Å²) in [5.74, 6) is 1.32. The highest BCUT2D eigenvalue weighted by Crippen LogP contribution is 2.25. The van der Waals surface area contributed by atoms with Crippen molar-refractivity contribution in [3.8, 4) is 11.5 Å². The number of thioether (sulfide) groups is 1. The Morgan fingerprint density at radius 2 is 1.95 bits per heavy atom. The summed E-state index contributed by atoms with van der Waals surface area (Å²) in [5.41, 5.74) is 0.830. The zero-order chi connectivity index (χ0) is 15.4. The molecule has 0 saturated carbocycles. The summed E-state index contributed by atoms with van der Waals surface area (Å²) >= 11 is 7.26. The fraction of sp³-hybridized carbons (Fsp3) is 0.400. The minimum Gasteiger partial charge on any atom is -0.411 e. The molecule has 1 aliphatic rings. The van der Waals surface area contributed by atoms with E-state index in [1.54, 1.807) is 12.1 Å². The molecule has 1 fully saturated rings. The lowest BCUT2D eigenvalue weighted by atomic mass is 10.2. The Labute approximate surface area is 138 Å². The first kappa shape index (κ1) is 15.4.